The SMILES string of the molecule is Cl.O=C(C1CCC1)N1CCN(CC(O)c2cccs2)CC1. The molecule has 1 aliphatic carbocycles. The molecule has 0 bridgehead atoms. The van der Waals surface area contributed by atoms with Crippen molar-refractivity contribution in [2.24, 2.45) is 5.92 Å². The number of amides is 1. The molecular weight excluding hydrogens is 308 g/mol. The molecule has 6 heteroatoms. The minimum absolute atomic E-state index is 0. The molecular formula is C15H23ClN2O2S. The lowest BCUT2D eigenvalue weighted by atomic mass is 9.84. The highest BCUT2D eigenvalue weighted by atomic mass is 35.5. The van der Waals surface area contributed by atoms with E-state index in [9.17, 15) is 9.90 Å². The van der Waals surface area contributed by atoms with E-state index in [0.29, 0.717) is 18.4 Å². The van der Waals surface area contributed by atoms with Gasteiger partial charge in [-0.15, -0.1) is 23.7 Å². The number of β-amino-alcohol motifs (C(OH)–C–C–N with tert-alkyl or cyclic N) is 1. The fraction of sp³-hybridized carbons (Fsp3) is 0.667. The van der Waals surface area contributed by atoms with Gasteiger partial charge < -0.3 is 10.0 Å². The Kier molecular flexibility index (Phi) is 6.05. The van der Waals surface area contributed by atoms with E-state index in [1.807, 2.05) is 22.4 Å². The summed E-state index contributed by atoms with van der Waals surface area (Å²) in [6.07, 6.45) is 2.97. The van der Waals surface area contributed by atoms with Gasteiger partial charge in [0, 0.05) is 43.5 Å². The van der Waals surface area contributed by atoms with Crippen molar-refractivity contribution in [3.63, 3.8) is 0 Å². The van der Waals surface area contributed by atoms with Crippen LogP contribution in [0.1, 0.15) is 30.2 Å². The van der Waals surface area contributed by atoms with Crippen LogP contribution in [0.4, 0.5) is 0 Å². The maximum absolute atomic E-state index is 12.2. The molecule has 1 unspecified atom stereocenters. The van der Waals surface area contributed by atoms with Crippen molar-refractivity contribution < 1.29 is 9.90 Å². The van der Waals surface area contributed by atoms with Gasteiger partial charge in [-0.25, -0.2) is 0 Å². The van der Waals surface area contributed by atoms with Gasteiger partial charge in [-0.1, -0.05) is 12.5 Å². The van der Waals surface area contributed by atoms with Crippen molar-refractivity contribution in [1.82, 2.24) is 9.80 Å². The highest BCUT2D eigenvalue weighted by Gasteiger charge is 2.31. The summed E-state index contributed by atoms with van der Waals surface area (Å²) in [6.45, 7) is 4.05. The normalized spacial score (nSPS) is 21.5. The van der Waals surface area contributed by atoms with Crippen LogP contribution < -0.4 is 0 Å². The summed E-state index contributed by atoms with van der Waals surface area (Å²) in [7, 11) is 0. The number of nitrogens with zero attached hydrogens (tertiary/aromatic N) is 2. The summed E-state index contributed by atoms with van der Waals surface area (Å²) < 4.78 is 0. The van der Waals surface area contributed by atoms with Crippen molar-refractivity contribution in [3.05, 3.63) is 22.4 Å². The second-order valence-electron chi connectivity index (χ2n) is 5.78. The lowest BCUT2D eigenvalue weighted by Gasteiger charge is -2.38. The maximum atomic E-state index is 12.2. The summed E-state index contributed by atoms with van der Waals surface area (Å²) in [4.78, 5) is 17.5. The summed E-state index contributed by atoms with van der Waals surface area (Å²) in [5.74, 6) is 0.660. The van der Waals surface area contributed by atoms with Crippen LogP contribution in [-0.2, 0) is 4.79 Å². The van der Waals surface area contributed by atoms with E-state index in [0.717, 1.165) is 43.9 Å². The second-order valence-corrected chi connectivity index (χ2v) is 6.76. The Morgan fingerprint density at radius 2 is 2.05 bits per heavy atom. The molecule has 2 fully saturated rings. The van der Waals surface area contributed by atoms with Crippen LogP contribution in [-0.4, -0.2) is 53.5 Å². The van der Waals surface area contributed by atoms with E-state index >= 15 is 0 Å². The number of carbonyl (C=O) groups is 1. The molecule has 1 amide bonds. The van der Waals surface area contributed by atoms with Crippen LogP contribution >= 0.6 is 23.7 Å². The van der Waals surface area contributed by atoms with Gasteiger partial charge in [0.15, 0.2) is 0 Å². The van der Waals surface area contributed by atoms with Crippen LogP contribution in [0.25, 0.3) is 0 Å². The Labute approximate surface area is 136 Å². The zero-order valence-electron chi connectivity index (χ0n) is 12.1. The average Bonchev–Trinajstić information content (AvgIpc) is 2.91. The summed E-state index contributed by atoms with van der Waals surface area (Å²) >= 11 is 1.60. The van der Waals surface area contributed by atoms with E-state index in [1.165, 1.54) is 6.42 Å². The lowest BCUT2D eigenvalue weighted by molar-refractivity contribution is -0.140. The van der Waals surface area contributed by atoms with Crippen molar-refractivity contribution >= 4 is 29.7 Å². The lowest BCUT2D eigenvalue weighted by Crippen LogP contribution is -2.51. The second kappa shape index (κ2) is 7.58. The molecule has 21 heavy (non-hydrogen) atoms. The van der Waals surface area contributed by atoms with Gasteiger partial charge in [-0.2, -0.15) is 0 Å². The van der Waals surface area contributed by atoms with E-state index in [2.05, 4.69) is 4.90 Å². The molecule has 1 aliphatic heterocycles. The number of hydrogen-bond donors (Lipinski definition) is 1. The molecule has 1 N–H and O–H groups in total. The van der Waals surface area contributed by atoms with Gasteiger partial charge >= 0.3 is 0 Å². The number of thiophene rings is 1. The molecule has 1 saturated carbocycles. The van der Waals surface area contributed by atoms with Crippen molar-refractivity contribution in [3.8, 4) is 0 Å². The van der Waals surface area contributed by atoms with Crippen LogP contribution in [0.15, 0.2) is 17.5 Å². The molecule has 4 nitrogen and oxygen atoms in total. The largest absolute Gasteiger partial charge is 0.386 e. The number of carbonyl (C=O) groups excluding carboxylic acids is 1. The molecule has 118 valence electrons. The number of rotatable bonds is 4. The molecule has 1 atom stereocenters. The highest BCUT2D eigenvalue weighted by molar-refractivity contribution is 7.10. The average molecular weight is 331 g/mol. The predicted octanol–water partition coefficient (Wildman–Crippen LogP) is 2.15. The zero-order valence-corrected chi connectivity index (χ0v) is 13.7. The number of aliphatic hydroxyl groups is 1. The van der Waals surface area contributed by atoms with E-state index < -0.39 is 6.10 Å². The van der Waals surface area contributed by atoms with Gasteiger partial charge in [0.05, 0.1) is 0 Å². The van der Waals surface area contributed by atoms with E-state index in [4.69, 9.17) is 0 Å². The molecule has 1 aromatic rings. The maximum Gasteiger partial charge on any atom is 0.225 e. The van der Waals surface area contributed by atoms with Crippen LogP contribution in [0.5, 0.6) is 0 Å². The Balaban J connectivity index is 0.00000161. The van der Waals surface area contributed by atoms with Crippen molar-refractivity contribution in [2.45, 2.75) is 25.4 Å². The van der Waals surface area contributed by atoms with Crippen LogP contribution in [0.2, 0.25) is 0 Å². The third-order valence-corrected chi connectivity index (χ3v) is 5.41. The smallest absolute Gasteiger partial charge is 0.225 e. The summed E-state index contributed by atoms with van der Waals surface area (Å²) in [5.41, 5.74) is 0. The van der Waals surface area contributed by atoms with E-state index in [-0.39, 0.29) is 12.4 Å². The molecule has 0 spiro atoms. The fourth-order valence-corrected chi connectivity index (χ4v) is 3.58. The number of halogens is 1. The van der Waals surface area contributed by atoms with Crippen LogP contribution in [0, 0.1) is 5.92 Å². The van der Waals surface area contributed by atoms with Gasteiger partial charge in [-0.05, 0) is 24.3 Å². The minimum atomic E-state index is -0.399. The first-order valence-corrected chi connectivity index (χ1v) is 8.34. The molecule has 2 heterocycles. The first-order chi connectivity index (χ1) is 9.74. The third-order valence-electron chi connectivity index (χ3n) is 4.44. The Morgan fingerprint density at radius 1 is 1.33 bits per heavy atom. The summed E-state index contributed by atoms with van der Waals surface area (Å²) in [6, 6.07) is 3.95. The zero-order chi connectivity index (χ0) is 13.9. The monoisotopic (exact) mass is 330 g/mol. The number of piperazine rings is 1. The van der Waals surface area contributed by atoms with Gasteiger partial charge in [0.1, 0.15) is 6.10 Å². The summed E-state index contributed by atoms with van der Waals surface area (Å²) in [5, 5.41) is 12.2. The quantitative estimate of drug-likeness (QED) is 0.920. The highest BCUT2D eigenvalue weighted by Crippen LogP contribution is 2.28. The molecule has 0 aromatic carbocycles. The van der Waals surface area contributed by atoms with Crippen molar-refractivity contribution in [2.75, 3.05) is 32.7 Å². The van der Waals surface area contributed by atoms with Crippen LogP contribution in [0.3, 0.4) is 0 Å². The first kappa shape index (κ1) is 16.7. The fourth-order valence-electron chi connectivity index (χ4n) is 2.88. The number of aliphatic hydroxyl groups excluding tert-OH is 1. The van der Waals surface area contributed by atoms with Gasteiger partial charge in [0.2, 0.25) is 5.91 Å². The predicted molar refractivity (Wildman–Crippen MR) is 86.9 cm³/mol. The molecule has 3 rings (SSSR count). The first-order valence-electron chi connectivity index (χ1n) is 7.46. The Morgan fingerprint density at radius 3 is 2.57 bits per heavy atom. The van der Waals surface area contributed by atoms with Gasteiger partial charge in [0.25, 0.3) is 0 Å². The molecule has 2 aliphatic rings. The molecule has 1 aromatic heterocycles. The molecule has 0 radical (unpaired) electrons. The number of hydrogen-bond acceptors (Lipinski definition) is 4. The van der Waals surface area contributed by atoms with E-state index in [1.54, 1.807) is 11.3 Å². The van der Waals surface area contributed by atoms with Crippen molar-refractivity contribution in [1.29, 1.82) is 0 Å². The third kappa shape index (κ3) is 3.97. The minimum Gasteiger partial charge on any atom is -0.386 e. The molecule has 1 saturated heterocycles. The Hall–Kier alpha value is -0.620. The standard InChI is InChI=1S/C15H22N2O2S.ClH/c18-13(14-5-2-10-20-14)11-16-6-8-17(9-7-16)15(19)12-3-1-4-12;/h2,5,10,12-13,18H,1,3-4,6-9,11H2;1H. The van der Waals surface area contributed by atoms with Gasteiger partial charge in [-0.3, -0.25) is 9.69 Å². The Bertz CT molecular complexity index is 443. The topological polar surface area (TPSA) is 43.8 Å².